The topological polar surface area (TPSA) is 50.8 Å². The Labute approximate surface area is 133 Å². The van der Waals surface area contributed by atoms with Crippen molar-refractivity contribution in [1.29, 1.82) is 0 Å². The van der Waals surface area contributed by atoms with E-state index in [1.165, 1.54) is 6.42 Å². The minimum Gasteiger partial charge on any atom is -0.381 e. The Kier molecular flexibility index (Phi) is 4.78. The van der Waals surface area contributed by atoms with E-state index in [4.69, 9.17) is 27.9 Å². The number of benzene rings is 1. The summed E-state index contributed by atoms with van der Waals surface area (Å²) in [6, 6.07) is 5.50. The van der Waals surface area contributed by atoms with Crippen molar-refractivity contribution >= 4 is 23.2 Å². The van der Waals surface area contributed by atoms with Crippen LogP contribution in [-0.4, -0.2) is 28.4 Å². The van der Waals surface area contributed by atoms with Crippen molar-refractivity contribution in [2.75, 3.05) is 13.2 Å². The van der Waals surface area contributed by atoms with Gasteiger partial charge in [-0.25, -0.2) is 4.98 Å². The number of nitrogens with zero attached hydrogens (tertiary/aromatic N) is 2. The third-order valence-electron chi connectivity index (χ3n) is 3.71. The summed E-state index contributed by atoms with van der Waals surface area (Å²) < 4.78 is 5.49. The summed E-state index contributed by atoms with van der Waals surface area (Å²) in [5.74, 6) is 2.15. The van der Waals surface area contributed by atoms with Gasteiger partial charge >= 0.3 is 0 Å². The first-order valence-electron chi connectivity index (χ1n) is 7.13. The van der Waals surface area contributed by atoms with Crippen molar-refractivity contribution in [3.63, 3.8) is 0 Å². The molecule has 1 fully saturated rings. The molecule has 2 heterocycles. The summed E-state index contributed by atoms with van der Waals surface area (Å²) in [4.78, 5) is 4.54. The van der Waals surface area contributed by atoms with Gasteiger partial charge in [0, 0.05) is 36.1 Å². The second-order valence-corrected chi connectivity index (χ2v) is 6.18. The monoisotopic (exact) mass is 325 g/mol. The Bertz CT molecular complexity index is 588. The molecule has 6 heteroatoms. The maximum Gasteiger partial charge on any atom is 0.151 e. The van der Waals surface area contributed by atoms with Crippen molar-refractivity contribution in [3.05, 3.63) is 45.5 Å². The maximum absolute atomic E-state index is 6.18. The molecule has 112 valence electrons. The maximum atomic E-state index is 6.18. The van der Waals surface area contributed by atoms with E-state index < -0.39 is 0 Å². The van der Waals surface area contributed by atoms with E-state index in [1.54, 1.807) is 0 Å². The highest BCUT2D eigenvalue weighted by molar-refractivity contribution is 6.36. The van der Waals surface area contributed by atoms with E-state index in [0.29, 0.717) is 22.4 Å². The van der Waals surface area contributed by atoms with Crippen molar-refractivity contribution < 1.29 is 4.74 Å². The highest BCUT2D eigenvalue weighted by Gasteiger charge is 2.17. The van der Waals surface area contributed by atoms with Crippen LogP contribution in [0.3, 0.4) is 0 Å². The first kappa shape index (κ1) is 14.8. The Morgan fingerprint density at radius 3 is 2.81 bits per heavy atom. The van der Waals surface area contributed by atoms with Gasteiger partial charge in [-0.15, -0.1) is 0 Å². The first-order chi connectivity index (χ1) is 10.2. The Morgan fingerprint density at radius 2 is 2.10 bits per heavy atom. The largest absolute Gasteiger partial charge is 0.381 e. The zero-order valence-corrected chi connectivity index (χ0v) is 13.1. The van der Waals surface area contributed by atoms with E-state index in [2.05, 4.69) is 15.2 Å². The summed E-state index contributed by atoms with van der Waals surface area (Å²) in [7, 11) is 0. The average Bonchev–Trinajstić information content (AvgIpc) is 2.91. The number of rotatable bonds is 4. The summed E-state index contributed by atoms with van der Waals surface area (Å²) in [5.41, 5.74) is 0.879. The van der Waals surface area contributed by atoms with Gasteiger partial charge in [0.15, 0.2) is 5.82 Å². The van der Waals surface area contributed by atoms with Crippen molar-refractivity contribution in [2.45, 2.75) is 25.7 Å². The van der Waals surface area contributed by atoms with E-state index in [0.717, 1.165) is 43.3 Å². The molecule has 4 nitrogen and oxygen atoms in total. The average molecular weight is 326 g/mol. The van der Waals surface area contributed by atoms with Gasteiger partial charge in [-0.2, -0.15) is 5.10 Å². The number of hydrogen-bond acceptors (Lipinski definition) is 3. The lowest BCUT2D eigenvalue weighted by Crippen LogP contribution is -2.19. The van der Waals surface area contributed by atoms with E-state index in [-0.39, 0.29) is 0 Å². The molecule has 0 bridgehead atoms. The highest BCUT2D eigenvalue weighted by atomic mass is 35.5. The van der Waals surface area contributed by atoms with Gasteiger partial charge in [-0.3, -0.25) is 5.10 Å². The number of halogens is 2. The predicted octanol–water partition coefficient (Wildman–Crippen LogP) is 3.67. The van der Waals surface area contributed by atoms with Crippen LogP contribution in [0.4, 0.5) is 0 Å². The quantitative estimate of drug-likeness (QED) is 0.933. The lowest BCUT2D eigenvalue weighted by Gasteiger charge is -2.20. The summed E-state index contributed by atoms with van der Waals surface area (Å²) in [6.45, 7) is 1.68. The first-order valence-corrected chi connectivity index (χ1v) is 7.89. The van der Waals surface area contributed by atoms with Gasteiger partial charge in [0.25, 0.3) is 0 Å². The van der Waals surface area contributed by atoms with Crippen LogP contribution < -0.4 is 0 Å². The molecule has 2 aromatic rings. The van der Waals surface area contributed by atoms with Gasteiger partial charge in [0.05, 0.1) is 0 Å². The normalized spacial score (nSPS) is 18.9. The van der Waals surface area contributed by atoms with Gasteiger partial charge in [0.1, 0.15) is 5.82 Å². The van der Waals surface area contributed by atoms with Crippen molar-refractivity contribution in [3.8, 4) is 0 Å². The summed E-state index contributed by atoms with van der Waals surface area (Å²) in [6.07, 6.45) is 3.72. The van der Waals surface area contributed by atoms with Gasteiger partial charge < -0.3 is 4.74 Å². The van der Waals surface area contributed by atoms with Crippen molar-refractivity contribution in [1.82, 2.24) is 15.2 Å². The second-order valence-electron chi connectivity index (χ2n) is 5.36. The number of H-pyrrole nitrogens is 1. The lowest BCUT2D eigenvalue weighted by atomic mass is 9.98. The van der Waals surface area contributed by atoms with E-state index >= 15 is 0 Å². The number of aromatic amines is 1. The van der Waals surface area contributed by atoms with Gasteiger partial charge in [-0.1, -0.05) is 29.3 Å². The fourth-order valence-electron chi connectivity index (χ4n) is 2.60. The molecule has 1 unspecified atom stereocenters. The van der Waals surface area contributed by atoms with E-state index in [1.807, 2.05) is 18.2 Å². The van der Waals surface area contributed by atoms with Crippen LogP contribution in [0.5, 0.6) is 0 Å². The zero-order valence-electron chi connectivity index (χ0n) is 11.6. The fraction of sp³-hybridized carbons (Fsp3) is 0.467. The molecular formula is C15H17Cl2N3O. The number of ether oxygens (including phenoxy) is 1. The molecule has 1 aliphatic heterocycles. The molecule has 0 amide bonds. The molecule has 0 spiro atoms. The molecule has 3 rings (SSSR count). The van der Waals surface area contributed by atoms with Gasteiger partial charge in [-0.05, 0) is 36.5 Å². The smallest absolute Gasteiger partial charge is 0.151 e. The third-order valence-corrected chi connectivity index (χ3v) is 4.42. The van der Waals surface area contributed by atoms with Gasteiger partial charge in [0.2, 0.25) is 0 Å². The molecule has 0 saturated carbocycles. The number of hydrogen-bond donors (Lipinski definition) is 1. The molecule has 1 N–H and O–H groups in total. The molecule has 1 saturated heterocycles. The van der Waals surface area contributed by atoms with Crippen LogP contribution in [0, 0.1) is 5.92 Å². The molecule has 21 heavy (non-hydrogen) atoms. The predicted molar refractivity (Wildman–Crippen MR) is 82.9 cm³/mol. The van der Waals surface area contributed by atoms with Crippen LogP contribution in [0.2, 0.25) is 10.0 Å². The van der Waals surface area contributed by atoms with Crippen LogP contribution in [0.25, 0.3) is 0 Å². The molecule has 1 aromatic heterocycles. The van der Waals surface area contributed by atoms with E-state index in [9.17, 15) is 0 Å². The summed E-state index contributed by atoms with van der Waals surface area (Å²) >= 11 is 12.4. The second kappa shape index (κ2) is 6.77. The number of nitrogens with one attached hydrogen (secondary N) is 1. The Hall–Kier alpha value is -1.10. The zero-order chi connectivity index (χ0) is 14.7. The molecule has 0 radical (unpaired) electrons. The molecule has 1 aliphatic rings. The fourth-order valence-corrected chi connectivity index (χ4v) is 3.13. The Balaban J connectivity index is 1.67. The van der Waals surface area contributed by atoms with Crippen LogP contribution >= 0.6 is 23.2 Å². The molecule has 0 aliphatic carbocycles. The Morgan fingerprint density at radius 1 is 1.29 bits per heavy atom. The number of aromatic nitrogens is 3. The minimum absolute atomic E-state index is 0.520. The summed E-state index contributed by atoms with van der Waals surface area (Å²) in [5, 5.41) is 8.57. The van der Waals surface area contributed by atoms with Crippen LogP contribution in [0.15, 0.2) is 18.2 Å². The highest BCUT2D eigenvalue weighted by Crippen LogP contribution is 2.26. The lowest BCUT2D eigenvalue weighted by molar-refractivity contribution is 0.0543. The molecule has 1 atom stereocenters. The SMILES string of the molecule is Clc1cccc(Cl)c1Cc1nc(CC2CCCOC2)n[nH]1. The van der Waals surface area contributed by atoms with Crippen molar-refractivity contribution in [2.24, 2.45) is 5.92 Å². The molecular weight excluding hydrogens is 309 g/mol. The third kappa shape index (κ3) is 3.76. The molecule has 1 aromatic carbocycles. The van der Waals surface area contributed by atoms with Crippen LogP contribution in [0.1, 0.15) is 30.1 Å². The standard InChI is InChI=1S/C15H17Cl2N3O/c16-12-4-1-5-13(17)11(12)8-15-18-14(19-20-15)7-10-3-2-6-21-9-10/h1,4-5,10H,2-3,6-9H2,(H,18,19,20). The van der Waals surface area contributed by atoms with Crippen LogP contribution in [-0.2, 0) is 17.6 Å². The minimum atomic E-state index is 0.520.